The number of carbonyl (C=O) groups is 2. The molecule has 1 aromatic rings. The summed E-state index contributed by atoms with van der Waals surface area (Å²) in [4.78, 5) is 27.1. The summed E-state index contributed by atoms with van der Waals surface area (Å²) >= 11 is 0. The van der Waals surface area contributed by atoms with Crippen LogP contribution in [0.3, 0.4) is 0 Å². The molecule has 0 radical (unpaired) electrons. The maximum absolute atomic E-state index is 12.8. The van der Waals surface area contributed by atoms with Crippen molar-refractivity contribution in [2.24, 2.45) is 5.92 Å². The molecule has 7 heteroatoms. The quantitative estimate of drug-likeness (QED) is 0.772. The first kappa shape index (κ1) is 18.2. The molecule has 1 N–H and O–H groups in total. The molecule has 3 fully saturated rings. The Hall–Kier alpha value is -2.15. The second-order valence-electron chi connectivity index (χ2n) is 8.15. The van der Waals surface area contributed by atoms with Gasteiger partial charge >= 0.3 is 0 Å². The Kier molecular flexibility index (Phi) is 5.04. The number of aromatic nitrogens is 1. The van der Waals surface area contributed by atoms with Crippen LogP contribution in [0.25, 0.3) is 0 Å². The van der Waals surface area contributed by atoms with E-state index >= 15 is 0 Å². The number of piperidine rings is 1. The molecule has 7 nitrogen and oxygen atoms in total. The Morgan fingerprint density at radius 1 is 1.33 bits per heavy atom. The van der Waals surface area contributed by atoms with Crippen molar-refractivity contribution in [1.29, 1.82) is 0 Å². The molecule has 2 amide bonds. The number of nitrogens with zero attached hydrogens (tertiary/aromatic N) is 2. The average Bonchev–Trinajstić information content (AvgIpc) is 3.12. The number of aryl methyl sites for hydroxylation is 1. The second kappa shape index (κ2) is 7.46. The molecule has 3 atom stereocenters. The van der Waals surface area contributed by atoms with Gasteiger partial charge in [-0.1, -0.05) is 17.3 Å². The standard InChI is InChI=1S/C20H27N3O4/c1-12-5-14(6-12)20(25)23-16-3-4-17(23)9-15(8-16)21-19(24)11-26-10-18-7-13(2)22-27-18/h7,14-17H,1,3-6,8-11H2,2H3,(H,21,24)/t15?,16-,17+. The van der Waals surface area contributed by atoms with Gasteiger partial charge in [0.25, 0.3) is 0 Å². The van der Waals surface area contributed by atoms with Gasteiger partial charge in [-0.05, 0) is 45.4 Å². The molecule has 1 saturated carbocycles. The number of hydrogen-bond acceptors (Lipinski definition) is 5. The van der Waals surface area contributed by atoms with E-state index in [9.17, 15) is 9.59 Å². The van der Waals surface area contributed by atoms with Gasteiger partial charge in [0.15, 0.2) is 5.76 Å². The lowest BCUT2D eigenvalue weighted by atomic mass is 9.79. The van der Waals surface area contributed by atoms with E-state index in [0.717, 1.165) is 44.2 Å². The van der Waals surface area contributed by atoms with Crippen molar-refractivity contribution in [3.63, 3.8) is 0 Å². The summed E-state index contributed by atoms with van der Waals surface area (Å²) in [6.45, 7) is 6.02. The van der Waals surface area contributed by atoms with E-state index < -0.39 is 0 Å². The molecule has 0 spiro atoms. The second-order valence-corrected chi connectivity index (χ2v) is 8.15. The fourth-order valence-corrected chi connectivity index (χ4v) is 4.68. The third-order valence-electron chi connectivity index (χ3n) is 5.93. The Balaban J connectivity index is 1.23. The van der Waals surface area contributed by atoms with Gasteiger partial charge in [0.2, 0.25) is 11.8 Å². The van der Waals surface area contributed by atoms with Crippen molar-refractivity contribution in [1.82, 2.24) is 15.4 Å². The molecule has 3 heterocycles. The average molecular weight is 373 g/mol. The highest BCUT2D eigenvalue weighted by Crippen LogP contribution is 2.41. The summed E-state index contributed by atoms with van der Waals surface area (Å²) in [5.74, 6) is 0.930. The van der Waals surface area contributed by atoms with Crippen molar-refractivity contribution in [2.45, 2.75) is 70.2 Å². The molecule has 1 aromatic heterocycles. The fourth-order valence-electron chi connectivity index (χ4n) is 4.68. The van der Waals surface area contributed by atoms with Crippen LogP contribution in [0.2, 0.25) is 0 Å². The Bertz CT molecular complexity index is 721. The number of allylic oxidation sites excluding steroid dienone is 1. The number of rotatable bonds is 6. The molecule has 1 aliphatic carbocycles. The molecular formula is C20H27N3O4. The number of nitrogens with one attached hydrogen (secondary N) is 1. The van der Waals surface area contributed by atoms with Crippen LogP contribution in [0.4, 0.5) is 0 Å². The van der Waals surface area contributed by atoms with Gasteiger partial charge in [-0.3, -0.25) is 9.59 Å². The van der Waals surface area contributed by atoms with Crippen LogP contribution in [0.15, 0.2) is 22.7 Å². The van der Waals surface area contributed by atoms with Crippen LogP contribution in [0.5, 0.6) is 0 Å². The van der Waals surface area contributed by atoms with Gasteiger partial charge in [-0.2, -0.15) is 0 Å². The van der Waals surface area contributed by atoms with Crippen molar-refractivity contribution < 1.29 is 18.8 Å². The van der Waals surface area contributed by atoms with Crippen LogP contribution in [0, 0.1) is 12.8 Å². The van der Waals surface area contributed by atoms with E-state index in [2.05, 4.69) is 22.0 Å². The van der Waals surface area contributed by atoms with Gasteiger partial charge in [-0.15, -0.1) is 0 Å². The smallest absolute Gasteiger partial charge is 0.246 e. The Morgan fingerprint density at radius 3 is 2.63 bits per heavy atom. The van der Waals surface area contributed by atoms with E-state index in [4.69, 9.17) is 9.26 Å². The SMILES string of the molecule is C=C1CC(C(=O)N2[C@@H]3CC[C@H]2CC(NC(=O)COCc2cc(C)no2)C3)C1. The van der Waals surface area contributed by atoms with Gasteiger partial charge < -0.3 is 19.5 Å². The maximum atomic E-state index is 12.8. The van der Waals surface area contributed by atoms with Crippen LogP contribution >= 0.6 is 0 Å². The third-order valence-corrected chi connectivity index (χ3v) is 5.93. The highest BCUT2D eigenvalue weighted by molar-refractivity contribution is 5.82. The molecular weight excluding hydrogens is 346 g/mol. The number of fused-ring (bicyclic) bond motifs is 2. The van der Waals surface area contributed by atoms with Crippen molar-refractivity contribution in [3.8, 4) is 0 Å². The summed E-state index contributed by atoms with van der Waals surface area (Å²) < 4.78 is 10.5. The van der Waals surface area contributed by atoms with E-state index in [1.54, 1.807) is 6.07 Å². The zero-order chi connectivity index (χ0) is 19.0. The van der Waals surface area contributed by atoms with E-state index in [-0.39, 0.29) is 43.2 Å². The molecule has 2 saturated heterocycles. The Labute approximate surface area is 159 Å². The molecule has 1 unspecified atom stereocenters. The van der Waals surface area contributed by atoms with E-state index in [1.807, 2.05) is 6.92 Å². The minimum Gasteiger partial charge on any atom is -0.364 e. The molecule has 2 bridgehead atoms. The van der Waals surface area contributed by atoms with Crippen molar-refractivity contribution >= 4 is 11.8 Å². The first-order valence-electron chi connectivity index (χ1n) is 9.77. The molecule has 0 aromatic carbocycles. The molecule has 27 heavy (non-hydrogen) atoms. The number of ether oxygens (including phenoxy) is 1. The summed E-state index contributed by atoms with van der Waals surface area (Å²) in [5, 5.41) is 6.86. The van der Waals surface area contributed by atoms with Gasteiger partial charge in [0.1, 0.15) is 13.2 Å². The normalized spacial score (nSPS) is 27.5. The minimum absolute atomic E-state index is 0.00158. The summed E-state index contributed by atoms with van der Waals surface area (Å²) in [5.41, 5.74) is 1.98. The zero-order valence-corrected chi connectivity index (χ0v) is 15.8. The van der Waals surface area contributed by atoms with E-state index in [0.29, 0.717) is 11.7 Å². The lowest BCUT2D eigenvalue weighted by Gasteiger charge is -2.42. The highest BCUT2D eigenvalue weighted by atomic mass is 16.5. The minimum atomic E-state index is -0.120. The van der Waals surface area contributed by atoms with Crippen molar-refractivity contribution in [2.75, 3.05) is 6.61 Å². The molecule has 2 aliphatic heterocycles. The lowest BCUT2D eigenvalue weighted by molar-refractivity contribution is -0.142. The van der Waals surface area contributed by atoms with Gasteiger partial charge in [0, 0.05) is 30.1 Å². The number of hydrogen-bond donors (Lipinski definition) is 1. The largest absolute Gasteiger partial charge is 0.364 e. The molecule has 3 aliphatic rings. The summed E-state index contributed by atoms with van der Waals surface area (Å²) in [6, 6.07) is 2.42. The predicted molar refractivity (Wildman–Crippen MR) is 97.6 cm³/mol. The zero-order valence-electron chi connectivity index (χ0n) is 15.8. The third kappa shape index (κ3) is 3.93. The van der Waals surface area contributed by atoms with Crippen molar-refractivity contribution in [3.05, 3.63) is 29.7 Å². The maximum Gasteiger partial charge on any atom is 0.246 e. The lowest BCUT2D eigenvalue weighted by Crippen LogP contribution is -2.54. The van der Waals surface area contributed by atoms with Gasteiger partial charge in [0.05, 0.1) is 5.69 Å². The Morgan fingerprint density at radius 2 is 2.04 bits per heavy atom. The first-order chi connectivity index (χ1) is 13.0. The predicted octanol–water partition coefficient (Wildman–Crippen LogP) is 2.10. The number of amides is 2. The van der Waals surface area contributed by atoms with Crippen LogP contribution < -0.4 is 5.32 Å². The topological polar surface area (TPSA) is 84.7 Å². The number of carbonyl (C=O) groups excluding carboxylic acids is 2. The van der Waals surface area contributed by atoms with E-state index in [1.165, 1.54) is 5.57 Å². The molecule has 4 rings (SSSR count). The van der Waals surface area contributed by atoms with Crippen LogP contribution in [-0.4, -0.2) is 46.6 Å². The summed E-state index contributed by atoms with van der Waals surface area (Å²) in [6.07, 6.45) is 5.44. The first-order valence-corrected chi connectivity index (χ1v) is 9.77. The van der Waals surface area contributed by atoms with Crippen LogP contribution in [-0.2, 0) is 20.9 Å². The molecule has 146 valence electrons. The van der Waals surface area contributed by atoms with Crippen LogP contribution in [0.1, 0.15) is 50.0 Å². The summed E-state index contributed by atoms with van der Waals surface area (Å²) in [7, 11) is 0. The van der Waals surface area contributed by atoms with Gasteiger partial charge in [-0.25, -0.2) is 0 Å². The fraction of sp³-hybridized carbons (Fsp3) is 0.650. The monoisotopic (exact) mass is 373 g/mol. The highest BCUT2D eigenvalue weighted by Gasteiger charge is 2.46.